The van der Waals surface area contributed by atoms with Crippen molar-refractivity contribution < 1.29 is 19.7 Å². The summed E-state index contributed by atoms with van der Waals surface area (Å²) in [4.78, 5) is 10.9. The van der Waals surface area contributed by atoms with E-state index in [2.05, 4.69) is 4.74 Å². The molecule has 0 aromatic heterocycles. The summed E-state index contributed by atoms with van der Waals surface area (Å²) in [7, 11) is 1.35. The maximum atomic E-state index is 10.9. The van der Waals surface area contributed by atoms with Gasteiger partial charge in [-0.2, -0.15) is 0 Å². The Labute approximate surface area is 129 Å². The lowest BCUT2D eigenvalue weighted by molar-refractivity contribution is -0.142. The molecular weight excluding hydrogens is 268 g/mol. The van der Waals surface area contributed by atoms with Crippen LogP contribution in [-0.4, -0.2) is 35.5 Å². The number of hydrogen-bond donors (Lipinski definition) is 2. The summed E-state index contributed by atoms with van der Waals surface area (Å²) in [6.07, 6.45) is 11.3. The average molecular weight is 302 g/mol. The Bertz CT molecular complexity index is 243. The molecule has 2 unspecified atom stereocenters. The number of carbonyl (C=O) groups excluding carboxylic acids is 1. The second-order valence-corrected chi connectivity index (χ2v) is 5.90. The Morgan fingerprint density at radius 2 is 1.29 bits per heavy atom. The molecule has 0 bridgehead atoms. The number of esters is 1. The van der Waals surface area contributed by atoms with E-state index in [0.717, 1.165) is 32.1 Å². The van der Waals surface area contributed by atoms with E-state index in [-0.39, 0.29) is 18.5 Å². The van der Waals surface area contributed by atoms with Crippen molar-refractivity contribution in [1.82, 2.24) is 0 Å². The minimum Gasteiger partial charge on any atom is -0.469 e. The van der Waals surface area contributed by atoms with Crippen LogP contribution in [0.1, 0.15) is 84.0 Å². The molecular formula is C17H34O4. The van der Waals surface area contributed by atoms with E-state index in [0.29, 0.717) is 6.42 Å². The first kappa shape index (κ1) is 20.4. The number of hydrogen-bond acceptors (Lipinski definition) is 4. The van der Waals surface area contributed by atoms with Crippen LogP contribution >= 0.6 is 0 Å². The highest BCUT2D eigenvalue weighted by Crippen LogP contribution is 2.13. The normalized spacial score (nSPS) is 13.9. The summed E-state index contributed by atoms with van der Waals surface area (Å²) in [6.45, 7) is 2.02. The number of carbonyl (C=O) groups is 1. The predicted molar refractivity (Wildman–Crippen MR) is 85.1 cm³/mol. The van der Waals surface area contributed by atoms with Gasteiger partial charge in [-0.1, -0.05) is 58.3 Å². The molecule has 0 saturated heterocycles. The summed E-state index contributed by atoms with van der Waals surface area (Å²) < 4.78 is 4.52. The SMILES string of the molecule is CCC(O)CCCCCCCCCCC(O)CC(=O)OC. The monoisotopic (exact) mass is 302 g/mol. The van der Waals surface area contributed by atoms with Crippen molar-refractivity contribution in [2.24, 2.45) is 0 Å². The zero-order chi connectivity index (χ0) is 15.9. The number of aliphatic hydroxyl groups is 2. The van der Waals surface area contributed by atoms with E-state index in [1.54, 1.807) is 0 Å². The van der Waals surface area contributed by atoms with Gasteiger partial charge in [0.05, 0.1) is 25.7 Å². The second-order valence-electron chi connectivity index (χ2n) is 5.90. The van der Waals surface area contributed by atoms with Gasteiger partial charge in [0.2, 0.25) is 0 Å². The predicted octanol–water partition coefficient (Wildman–Crippen LogP) is 3.58. The van der Waals surface area contributed by atoms with Crippen molar-refractivity contribution >= 4 is 5.97 Å². The number of methoxy groups -OCH3 is 1. The molecule has 0 aromatic rings. The van der Waals surface area contributed by atoms with E-state index in [1.807, 2.05) is 6.92 Å². The molecule has 4 heteroatoms. The molecule has 0 aromatic carbocycles. The number of rotatable bonds is 14. The van der Waals surface area contributed by atoms with Gasteiger partial charge >= 0.3 is 5.97 Å². The molecule has 0 radical (unpaired) electrons. The van der Waals surface area contributed by atoms with E-state index < -0.39 is 6.10 Å². The van der Waals surface area contributed by atoms with Gasteiger partial charge in [0.25, 0.3) is 0 Å². The maximum absolute atomic E-state index is 10.9. The van der Waals surface area contributed by atoms with Gasteiger partial charge in [0.15, 0.2) is 0 Å². The summed E-state index contributed by atoms with van der Waals surface area (Å²) in [5.41, 5.74) is 0. The van der Waals surface area contributed by atoms with E-state index >= 15 is 0 Å². The summed E-state index contributed by atoms with van der Waals surface area (Å²) in [6, 6.07) is 0. The lowest BCUT2D eigenvalue weighted by atomic mass is 10.0. The Hall–Kier alpha value is -0.610. The molecule has 0 aliphatic carbocycles. The van der Waals surface area contributed by atoms with Crippen molar-refractivity contribution in [3.05, 3.63) is 0 Å². The first-order valence-corrected chi connectivity index (χ1v) is 8.53. The van der Waals surface area contributed by atoms with Gasteiger partial charge in [-0.25, -0.2) is 0 Å². The average Bonchev–Trinajstić information content (AvgIpc) is 2.48. The van der Waals surface area contributed by atoms with Gasteiger partial charge in [0.1, 0.15) is 0 Å². The molecule has 0 spiro atoms. The zero-order valence-corrected chi connectivity index (χ0v) is 13.9. The Morgan fingerprint density at radius 3 is 1.71 bits per heavy atom. The molecule has 0 amide bonds. The number of unbranched alkanes of at least 4 members (excludes halogenated alkanes) is 7. The largest absolute Gasteiger partial charge is 0.469 e. The number of ether oxygens (including phenoxy) is 1. The van der Waals surface area contributed by atoms with Crippen LogP contribution in [-0.2, 0) is 9.53 Å². The molecule has 4 nitrogen and oxygen atoms in total. The fourth-order valence-corrected chi connectivity index (χ4v) is 2.40. The third-order valence-corrected chi connectivity index (χ3v) is 3.93. The fraction of sp³-hybridized carbons (Fsp3) is 0.941. The molecule has 0 rings (SSSR count). The topological polar surface area (TPSA) is 66.8 Å². The maximum Gasteiger partial charge on any atom is 0.308 e. The molecule has 0 saturated carbocycles. The van der Waals surface area contributed by atoms with Crippen LogP contribution in [0.2, 0.25) is 0 Å². The minimum absolute atomic E-state index is 0.110. The minimum atomic E-state index is -0.553. The summed E-state index contributed by atoms with van der Waals surface area (Å²) >= 11 is 0. The highest BCUT2D eigenvalue weighted by atomic mass is 16.5. The van der Waals surface area contributed by atoms with Crippen molar-refractivity contribution in [2.45, 2.75) is 96.2 Å². The van der Waals surface area contributed by atoms with Gasteiger partial charge in [-0.05, 0) is 19.3 Å². The molecule has 0 aliphatic rings. The quantitative estimate of drug-likeness (QED) is 0.380. The molecule has 21 heavy (non-hydrogen) atoms. The third kappa shape index (κ3) is 14.1. The van der Waals surface area contributed by atoms with Crippen molar-refractivity contribution in [2.75, 3.05) is 7.11 Å². The van der Waals surface area contributed by atoms with Gasteiger partial charge < -0.3 is 14.9 Å². The summed E-state index contributed by atoms with van der Waals surface area (Å²) in [5.74, 6) is -0.337. The highest BCUT2D eigenvalue weighted by molar-refractivity contribution is 5.69. The molecule has 126 valence electrons. The molecule has 0 aliphatic heterocycles. The van der Waals surface area contributed by atoms with Crippen molar-refractivity contribution in [3.63, 3.8) is 0 Å². The molecule has 0 fully saturated rings. The van der Waals surface area contributed by atoms with E-state index in [4.69, 9.17) is 0 Å². The summed E-state index contributed by atoms with van der Waals surface area (Å²) in [5, 5.41) is 19.0. The lowest BCUT2D eigenvalue weighted by Crippen LogP contribution is -2.14. The Kier molecular flexibility index (Phi) is 13.9. The first-order valence-electron chi connectivity index (χ1n) is 8.53. The van der Waals surface area contributed by atoms with Crippen LogP contribution in [0.15, 0.2) is 0 Å². The van der Waals surface area contributed by atoms with E-state index in [1.165, 1.54) is 39.2 Å². The van der Waals surface area contributed by atoms with Crippen LogP contribution in [0.25, 0.3) is 0 Å². The Balaban J connectivity index is 3.20. The number of aliphatic hydroxyl groups excluding tert-OH is 2. The molecule has 0 heterocycles. The standard InChI is InChI=1S/C17H34O4/c1-3-15(18)12-10-8-6-4-5-7-9-11-13-16(19)14-17(20)21-2/h15-16,18-19H,3-14H2,1-2H3. The second kappa shape index (κ2) is 14.3. The first-order chi connectivity index (χ1) is 10.1. The van der Waals surface area contributed by atoms with Gasteiger partial charge in [-0.3, -0.25) is 4.79 Å². The lowest BCUT2D eigenvalue weighted by Gasteiger charge is -2.09. The van der Waals surface area contributed by atoms with Crippen LogP contribution in [0.4, 0.5) is 0 Å². The molecule has 2 N–H and O–H groups in total. The molecule has 2 atom stereocenters. The van der Waals surface area contributed by atoms with Crippen molar-refractivity contribution in [3.8, 4) is 0 Å². The van der Waals surface area contributed by atoms with Gasteiger partial charge in [-0.15, -0.1) is 0 Å². The van der Waals surface area contributed by atoms with Crippen molar-refractivity contribution in [1.29, 1.82) is 0 Å². The van der Waals surface area contributed by atoms with Gasteiger partial charge in [0, 0.05) is 0 Å². The van der Waals surface area contributed by atoms with Crippen LogP contribution in [0.5, 0.6) is 0 Å². The van der Waals surface area contributed by atoms with E-state index in [9.17, 15) is 15.0 Å². The zero-order valence-electron chi connectivity index (χ0n) is 13.9. The Morgan fingerprint density at radius 1 is 0.857 bits per heavy atom. The van der Waals surface area contributed by atoms with Crippen LogP contribution in [0, 0.1) is 0 Å². The smallest absolute Gasteiger partial charge is 0.308 e. The third-order valence-electron chi connectivity index (χ3n) is 3.93. The van der Waals surface area contributed by atoms with Crippen LogP contribution < -0.4 is 0 Å². The highest BCUT2D eigenvalue weighted by Gasteiger charge is 2.10. The fourth-order valence-electron chi connectivity index (χ4n) is 2.40. The van der Waals surface area contributed by atoms with Crippen LogP contribution in [0.3, 0.4) is 0 Å².